The quantitative estimate of drug-likeness (QED) is 0.160. The monoisotopic (exact) mass is 522 g/mol. The second-order valence-electron chi connectivity index (χ2n) is 11.5. The fourth-order valence-electron chi connectivity index (χ4n) is 5.90. The molecule has 0 aromatic heterocycles. The molecule has 0 saturated carbocycles. The van der Waals surface area contributed by atoms with E-state index >= 15 is 0 Å². The molecule has 0 atom stereocenters. The van der Waals surface area contributed by atoms with E-state index in [1.54, 1.807) is 0 Å². The number of unbranched alkanes of at least 4 members (excludes halogenated alkanes) is 12. The second kappa shape index (κ2) is 19.2. The Morgan fingerprint density at radius 3 is 0.816 bits per heavy atom. The van der Waals surface area contributed by atoms with Crippen LogP contribution < -0.4 is 0 Å². The van der Waals surface area contributed by atoms with Gasteiger partial charge in [-0.05, 0) is 109 Å². The number of rotatable bonds is 21. The third kappa shape index (κ3) is 11.0. The van der Waals surface area contributed by atoms with E-state index in [1.165, 1.54) is 110 Å². The van der Waals surface area contributed by atoms with E-state index in [2.05, 4.69) is 27.7 Å². The lowest BCUT2D eigenvalue weighted by atomic mass is 9.82. The Morgan fingerprint density at radius 1 is 0.368 bits per heavy atom. The summed E-state index contributed by atoms with van der Waals surface area (Å²) in [6.07, 6.45) is 23.6. The summed E-state index contributed by atoms with van der Waals surface area (Å²) in [4.78, 5) is 0. The minimum atomic E-state index is 0.414. The molecule has 2 N–H and O–H groups in total. The number of phenols is 2. The number of aryl methyl sites for hydroxylation is 4. The van der Waals surface area contributed by atoms with Crippen LogP contribution in [0.4, 0.5) is 0 Å². The van der Waals surface area contributed by atoms with Crippen LogP contribution in [0, 0.1) is 0 Å². The van der Waals surface area contributed by atoms with Crippen molar-refractivity contribution in [3.05, 3.63) is 46.5 Å². The molecule has 0 aliphatic heterocycles. The zero-order valence-corrected chi connectivity index (χ0v) is 25.3. The largest absolute Gasteiger partial charge is 0.508 e. The SMILES string of the molecule is CCCCCCc1cc(O)cc(CCCCCC)c1-c1c(CCCCCC)cc(O)cc1CCCCCC. The Labute approximate surface area is 235 Å². The molecule has 214 valence electrons. The molecule has 0 radical (unpaired) electrons. The predicted octanol–water partition coefficient (Wildman–Crippen LogP) is 11.3. The lowest BCUT2D eigenvalue weighted by Crippen LogP contribution is -2.05. The molecule has 0 spiro atoms. The third-order valence-electron chi connectivity index (χ3n) is 8.02. The van der Waals surface area contributed by atoms with E-state index in [9.17, 15) is 10.2 Å². The van der Waals surface area contributed by atoms with Crippen LogP contribution >= 0.6 is 0 Å². The zero-order valence-electron chi connectivity index (χ0n) is 25.3. The Morgan fingerprint density at radius 2 is 0.605 bits per heavy atom. The molecular formula is C36H58O2. The topological polar surface area (TPSA) is 40.5 Å². The molecule has 0 saturated heterocycles. The van der Waals surface area contributed by atoms with Gasteiger partial charge >= 0.3 is 0 Å². The first kappa shape index (κ1) is 32.3. The molecular weight excluding hydrogens is 464 g/mol. The van der Waals surface area contributed by atoms with Crippen LogP contribution in [-0.2, 0) is 25.7 Å². The van der Waals surface area contributed by atoms with Gasteiger partial charge in [-0.25, -0.2) is 0 Å². The van der Waals surface area contributed by atoms with Gasteiger partial charge in [0, 0.05) is 0 Å². The molecule has 2 heteroatoms. The highest BCUT2D eigenvalue weighted by Gasteiger charge is 2.20. The number of hydrogen-bond donors (Lipinski definition) is 2. The zero-order chi connectivity index (χ0) is 27.6. The van der Waals surface area contributed by atoms with E-state index in [1.807, 2.05) is 24.3 Å². The molecule has 2 nitrogen and oxygen atoms in total. The van der Waals surface area contributed by atoms with Crippen molar-refractivity contribution >= 4 is 0 Å². The van der Waals surface area contributed by atoms with Gasteiger partial charge in [0.25, 0.3) is 0 Å². The first-order valence-electron chi connectivity index (χ1n) is 16.2. The number of hydrogen-bond acceptors (Lipinski definition) is 2. The molecule has 0 aliphatic rings. The van der Waals surface area contributed by atoms with Gasteiger partial charge in [0.15, 0.2) is 0 Å². The van der Waals surface area contributed by atoms with Crippen LogP contribution in [0.15, 0.2) is 24.3 Å². The summed E-state index contributed by atoms with van der Waals surface area (Å²) in [6.45, 7) is 9.06. The maximum Gasteiger partial charge on any atom is 0.116 e. The van der Waals surface area contributed by atoms with Crippen molar-refractivity contribution in [2.45, 2.75) is 156 Å². The van der Waals surface area contributed by atoms with Gasteiger partial charge < -0.3 is 10.2 Å². The molecule has 0 amide bonds. The van der Waals surface area contributed by atoms with Gasteiger partial charge in [-0.15, -0.1) is 0 Å². The fourth-order valence-corrected chi connectivity index (χ4v) is 5.90. The predicted molar refractivity (Wildman–Crippen MR) is 167 cm³/mol. The van der Waals surface area contributed by atoms with Crippen molar-refractivity contribution in [3.8, 4) is 22.6 Å². The van der Waals surface area contributed by atoms with Gasteiger partial charge in [-0.2, -0.15) is 0 Å². The lowest BCUT2D eigenvalue weighted by Gasteiger charge is -2.23. The summed E-state index contributed by atoms with van der Waals surface area (Å²) in [5.41, 5.74) is 7.99. The minimum absolute atomic E-state index is 0.414. The summed E-state index contributed by atoms with van der Waals surface area (Å²) >= 11 is 0. The highest BCUT2D eigenvalue weighted by atomic mass is 16.3. The summed E-state index contributed by atoms with van der Waals surface area (Å²) in [7, 11) is 0. The minimum Gasteiger partial charge on any atom is -0.508 e. The highest BCUT2D eigenvalue weighted by molar-refractivity contribution is 5.79. The van der Waals surface area contributed by atoms with Gasteiger partial charge in [-0.3, -0.25) is 0 Å². The Bertz CT molecular complexity index is 772. The Kier molecular flexibility index (Phi) is 16.3. The maximum atomic E-state index is 10.8. The van der Waals surface area contributed by atoms with E-state index in [0.29, 0.717) is 11.5 Å². The number of phenolic OH excluding ortho intramolecular Hbond substituents is 2. The summed E-state index contributed by atoms with van der Waals surface area (Å²) in [6, 6.07) is 8.19. The molecule has 0 unspecified atom stereocenters. The van der Waals surface area contributed by atoms with Gasteiger partial charge in [-0.1, -0.05) is 105 Å². The maximum absolute atomic E-state index is 10.8. The average Bonchev–Trinajstić information content (AvgIpc) is 2.90. The summed E-state index contributed by atoms with van der Waals surface area (Å²) < 4.78 is 0. The van der Waals surface area contributed by atoms with Crippen LogP contribution in [0.5, 0.6) is 11.5 Å². The molecule has 38 heavy (non-hydrogen) atoms. The average molecular weight is 523 g/mol. The van der Waals surface area contributed by atoms with Crippen LogP contribution in [-0.4, -0.2) is 10.2 Å². The van der Waals surface area contributed by atoms with Crippen molar-refractivity contribution in [1.82, 2.24) is 0 Å². The smallest absolute Gasteiger partial charge is 0.116 e. The van der Waals surface area contributed by atoms with Crippen LogP contribution in [0.2, 0.25) is 0 Å². The molecule has 0 fully saturated rings. The van der Waals surface area contributed by atoms with Crippen molar-refractivity contribution < 1.29 is 10.2 Å². The molecule has 0 bridgehead atoms. The van der Waals surface area contributed by atoms with Crippen LogP contribution in [0.3, 0.4) is 0 Å². The number of aromatic hydroxyl groups is 2. The molecule has 2 aromatic carbocycles. The van der Waals surface area contributed by atoms with E-state index < -0.39 is 0 Å². The number of benzene rings is 2. The van der Waals surface area contributed by atoms with Crippen LogP contribution in [0.1, 0.15) is 153 Å². The molecule has 0 aliphatic carbocycles. The van der Waals surface area contributed by atoms with E-state index in [0.717, 1.165) is 51.4 Å². The standard InChI is InChI=1S/C36H58O2/c1-5-9-13-17-21-29-25-33(37)26-30(22-18-14-10-6-2)35(29)36-31(23-19-15-11-7-3)27-34(38)28-32(36)24-20-16-12-8-4/h25-28,37-38H,5-24H2,1-4H3. The lowest BCUT2D eigenvalue weighted by molar-refractivity contribution is 0.472. The summed E-state index contributed by atoms with van der Waals surface area (Å²) in [5.74, 6) is 0.829. The van der Waals surface area contributed by atoms with Gasteiger partial charge in [0.05, 0.1) is 0 Å². The van der Waals surface area contributed by atoms with Crippen molar-refractivity contribution in [2.75, 3.05) is 0 Å². The second-order valence-corrected chi connectivity index (χ2v) is 11.5. The van der Waals surface area contributed by atoms with E-state index in [-0.39, 0.29) is 0 Å². The molecule has 2 aromatic rings. The molecule has 0 heterocycles. The first-order valence-corrected chi connectivity index (χ1v) is 16.2. The molecule has 2 rings (SSSR count). The summed E-state index contributed by atoms with van der Waals surface area (Å²) in [5, 5.41) is 21.6. The Hall–Kier alpha value is -1.96. The van der Waals surface area contributed by atoms with Crippen molar-refractivity contribution in [2.24, 2.45) is 0 Å². The normalized spacial score (nSPS) is 11.4. The fraction of sp³-hybridized carbons (Fsp3) is 0.667. The highest BCUT2D eigenvalue weighted by Crippen LogP contribution is 2.40. The first-order chi connectivity index (χ1) is 18.5. The van der Waals surface area contributed by atoms with Crippen LogP contribution in [0.25, 0.3) is 11.1 Å². The third-order valence-corrected chi connectivity index (χ3v) is 8.02. The van der Waals surface area contributed by atoms with Crippen molar-refractivity contribution in [3.63, 3.8) is 0 Å². The Balaban J connectivity index is 2.61. The van der Waals surface area contributed by atoms with Gasteiger partial charge in [0.1, 0.15) is 11.5 Å². The van der Waals surface area contributed by atoms with E-state index in [4.69, 9.17) is 0 Å². The van der Waals surface area contributed by atoms with Gasteiger partial charge in [0.2, 0.25) is 0 Å². The van der Waals surface area contributed by atoms with Crippen molar-refractivity contribution in [1.29, 1.82) is 0 Å².